The van der Waals surface area contributed by atoms with Crippen LogP contribution in [-0.2, 0) is 9.47 Å². The molecule has 2 atom stereocenters. The second-order valence-corrected chi connectivity index (χ2v) is 5.02. The third-order valence-electron chi connectivity index (χ3n) is 2.45. The number of hydrogen-bond acceptors (Lipinski definition) is 4. The predicted molar refractivity (Wildman–Crippen MR) is 78.2 cm³/mol. The average Bonchev–Trinajstić information content (AvgIpc) is 2.38. The van der Waals surface area contributed by atoms with Crippen LogP contribution in [0.3, 0.4) is 0 Å². The summed E-state index contributed by atoms with van der Waals surface area (Å²) in [6.07, 6.45) is -0.677. The maximum atomic E-state index is 9.78. The van der Waals surface area contributed by atoms with E-state index in [2.05, 4.69) is 5.32 Å². The van der Waals surface area contributed by atoms with Crippen molar-refractivity contribution in [1.29, 1.82) is 0 Å². The molecule has 0 bridgehead atoms. The van der Waals surface area contributed by atoms with Gasteiger partial charge in [0.05, 0.1) is 41.2 Å². The Hall–Kier alpha value is -0.520. The minimum Gasteiger partial charge on any atom is -0.389 e. The second kappa shape index (κ2) is 8.61. The Morgan fingerprint density at radius 1 is 1.32 bits per heavy atom. The normalized spacial score (nSPS) is 14.2. The van der Waals surface area contributed by atoms with Gasteiger partial charge in [-0.15, -0.1) is 0 Å². The van der Waals surface area contributed by atoms with Gasteiger partial charge in [-0.05, 0) is 19.1 Å². The fraction of sp³-hybridized carbons (Fsp3) is 0.538. The Kier molecular flexibility index (Phi) is 7.49. The summed E-state index contributed by atoms with van der Waals surface area (Å²) in [6, 6.07) is 5.30. The third-order valence-corrected chi connectivity index (χ3v) is 3.27. The highest BCUT2D eigenvalue weighted by molar-refractivity contribution is 6.43. The summed E-state index contributed by atoms with van der Waals surface area (Å²) in [5.41, 5.74) is 0.693. The molecule has 0 aliphatic rings. The van der Waals surface area contributed by atoms with Gasteiger partial charge in [0.2, 0.25) is 0 Å². The summed E-state index contributed by atoms with van der Waals surface area (Å²) in [5.74, 6) is 0. The van der Waals surface area contributed by atoms with Gasteiger partial charge in [-0.1, -0.05) is 29.3 Å². The van der Waals surface area contributed by atoms with Gasteiger partial charge in [0.15, 0.2) is 0 Å². The largest absolute Gasteiger partial charge is 0.389 e. The number of nitrogens with one attached hydrogen (secondary N) is 1. The van der Waals surface area contributed by atoms with E-state index in [-0.39, 0.29) is 12.7 Å². The summed E-state index contributed by atoms with van der Waals surface area (Å²) in [5, 5.41) is 13.7. The number of benzene rings is 1. The number of ether oxygens (including phenoxy) is 2. The highest BCUT2D eigenvalue weighted by Gasteiger charge is 2.09. The van der Waals surface area contributed by atoms with E-state index in [9.17, 15) is 5.11 Å². The Balaban J connectivity index is 2.33. The van der Waals surface area contributed by atoms with E-state index in [1.165, 1.54) is 0 Å². The molecule has 0 amide bonds. The van der Waals surface area contributed by atoms with Crippen molar-refractivity contribution in [3.8, 4) is 0 Å². The lowest BCUT2D eigenvalue weighted by atomic mass is 10.3. The molecule has 0 fully saturated rings. The molecule has 1 rings (SSSR count). The lowest BCUT2D eigenvalue weighted by Crippen LogP contribution is -2.28. The van der Waals surface area contributed by atoms with Gasteiger partial charge in [-0.3, -0.25) is 0 Å². The molecule has 2 N–H and O–H groups in total. The minimum atomic E-state index is -0.630. The van der Waals surface area contributed by atoms with E-state index in [0.29, 0.717) is 28.9 Å². The molecule has 0 spiro atoms. The molecule has 108 valence electrons. The van der Waals surface area contributed by atoms with Gasteiger partial charge < -0.3 is 19.9 Å². The molecule has 0 aliphatic carbocycles. The predicted octanol–water partition coefficient (Wildman–Crippen LogP) is 2.82. The second-order valence-electron chi connectivity index (χ2n) is 4.24. The van der Waals surface area contributed by atoms with Crippen molar-refractivity contribution in [2.75, 3.05) is 32.2 Å². The van der Waals surface area contributed by atoms with Gasteiger partial charge in [0.1, 0.15) is 0 Å². The van der Waals surface area contributed by atoms with Crippen molar-refractivity contribution in [2.24, 2.45) is 0 Å². The van der Waals surface area contributed by atoms with Crippen LogP contribution in [-0.4, -0.2) is 44.2 Å². The summed E-state index contributed by atoms with van der Waals surface area (Å²) >= 11 is 11.9. The molecular formula is C13H19Cl2NO3. The van der Waals surface area contributed by atoms with Crippen LogP contribution >= 0.6 is 23.2 Å². The molecule has 0 saturated carbocycles. The Bertz CT molecular complexity index is 390. The molecule has 1 aromatic carbocycles. The lowest BCUT2D eigenvalue weighted by molar-refractivity contribution is -0.0282. The van der Waals surface area contributed by atoms with Crippen LogP contribution < -0.4 is 5.32 Å². The van der Waals surface area contributed by atoms with Crippen LogP contribution in [0.4, 0.5) is 5.69 Å². The average molecular weight is 308 g/mol. The van der Waals surface area contributed by atoms with Crippen LogP contribution in [0.15, 0.2) is 18.2 Å². The summed E-state index contributed by atoms with van der Waals surface area (Å²) in [6.45, 7) is 2.95. The lowest BCUT2D eigenvalue weighted by Gasteiger charge is -2.17. The first-order valence-electron chi connectivity index (χ1n) is 6.01. The van der Waals surface area contributed by atoms with Crippen LogP contribution in [0.25, 0.3) is 0 Å². The zero-order chi connectivity index (χ0) is 14.3. The first kappa shape index (κ1) is 16.5. The highest BCUT2D eigenvalue weighted by atomic mass is 35.5. The molecule has 0 aromatic heterocycles. The molecule has 2 unspecified atom stereocenters. The van der Waals surface area contributed by atoms with E-state index < -0.39 is 6.10 Å². The topological polar surface area (TPSA) is 50.7 Å². The SMILES string of the molecule is COCC(C)OCC(O)CNc1cccc(Cl)c1Cl. The maximum absolute atomic E-state index is 9.78. The summed E-state index contributed by atoms with van der Waals surface area (Å²) in [7, 11) is 1.61. The third kappa shape index (κ3) is 5.97. The van der Waals surface area contributed by atoms with Crippen molar-refractivity contribution < 1.29 is 14.6 Å². The molecule has 1 aromatic rings. The molecule has 0 aliphatic heterocycles. The molecule has 0 radical (unpaired) electrons. The van der Waals surface area contributed by atoms with Gasteiger partial charge in [0, 0.05) is 13.7 Å². The maximum Gasteiger partial charge on any atom is 0.0945 e. The zero-order valence-electron chi connectivity index (χ0n) is 11.0. The van der Waals surface area contributed by atoms with Crippen molar-refractivity contribution in [1.82, 2.24) is 0 Å². The Morgan fingerprint density at radius 2 is 2.05 bits per heavy atom. The van der Waals surface area contributed by atoms with E-state index in [0.717, 1.165) is 0 Å². The van der Waals surface area contributed by atoms with Crippen LogP contribution in [0, 0.1) is 0 Å². The minimum absolute atomic E-state index is 0.0468. The standard InChI is InChI=1S/C13H19Cl2NO3/c1-9(7-18-2)19-8-10(17)6-16-12-5-3-4-11(14)13(12)15/h3-5,9-10,16-17H,6-8H2,1-2H3. The van der Waals surface area contributed by atoms with Crippen molar-refractivity contribution in [3.05, 3.63) is 28.2 Å². The van der Waals surface area contributed by atoms with Gasteiger partial charge in [-0.25, -0.2) is 0 Å². The van der Waals surface area contributed by atoms with E-state index in [1.54, 1.807) is 25.3 Å². The molecule has 6 heteroatoms. The number of anilines is 1. The fourth-order valence-electron chi connectivity index (χ4n) is 1.49. The Labute approximate surface area is 123 Å². The molecular weight excluding hydrogens is 289 g/mol. The number of hydrogen-bond donors (Lipinski definition) is 2. The molecule has 0 saturated heterocycles. The fourth-order valence-corrected chi connectivity index (χ4v) is 1.85. The van der Waals surface area contributed by atoms with Crippen LogP contribution in [0.5, 0.6) is 0 Å². The van der Waals surface area contributed by atoms with Crippen LogP contribution in [0.2, 0.25) is 10.0 Å². The Morgan fingerprint density at radius 3 is 2.74 bits per heavy atom. The number of aliphatic hydroxyl groups excluding tert-OH is 1. The van der Waals surface area contributed by atoms with E-state index in [1.807, 2.05) is 6.92 Å². The first-order chi connectivity index (χ1) is 9.04. The summed E-state index contributed by atoms with van der Waals surface area (Å²) < 4.78 is 10.4. The van der Waals surface area contributed by atoms with Gasteiger partial charge in [-0.2, -0.15) is 0 Å². The van der Waals surface area contributed by atoms with Gasteiger partial charge >= 0.3 is 0 Å². The smallest absolute Gasteiger partial charge is 0.0945 e. The zero-order valence-corrected chi connectivity index (χ0v) is 12.5. The number of halogens is 2. The molecule has 19 heavy (non-hydrogen) atoms. The quantitative estimate of drug-likeness (QED) is 0.775. The number of methoxy groups -OCH3 is 1. The highest BCUT2D eigenvalue weighted by Crippen LogP contribution is 2.29. The van der Waals surface area contributed by atoms with Crippen LogP contribution in [0.1, 0.15) is 6.92 Å². The summed E-state index contributed by atoms with van der Waals surface area (Å²) in [4.78, 5) is 0. The monoisotopic (exact) mass is 307 g/mol. The van der Waals surface area contributed by atoms with Gasteiger partial charge in [0.25, 0.3) is 0 Å². The van der Waals surface area contributed by atoms with Crippen molar-refractivity contribution in [3.63, 3.8) is 0 Å². The molecule has 0 heterocycles. The van der Waals surface area contributed by atoms with E-state index >= 15 is 0 Å². The van der Waals surface area contributed by atoms with Crippen molar-refractivity contribution >= 4 is 28.9 Å². The number of rotatable bonds is 8. The number of aliphatic hydroxyl groups is 1. The van der Waals surface area contributed by atoms with Crippen molar-refractivity contribution in [2.45, 2.75) is 19.1 Å². The van der Waals surface area contributed by atoms with E-state index in [4.69, 9.17) is 32.7 Å². The molecule has 4 nitrogen and oxygen atoms in total. The first-order valence-corrected chi connectivity index (χ1v) is 6.76.